The Morgan fingerprint density at radius 2 is 0.750 bits per heavy atom. The monoisotopic (exact) mass is 296 g/mol. The molecule has 4 unspecified atom stereocenters. The first-order valence-corrected chi connectivity index (χ1v) is 8.50. The molecule has 1 aromatic rings. The van der Waals surface area contributed by atoms with E-state index in [0.717, 1.165) is 0 Å². The molecule has 0 radical (unpaired) electrons. The summed E-state index contributed by atoms with van der Waals surface area (Å²) in [7, 11) is -5.25. The van der Waals surface area contributed by atoms with Crippen molar-refractivity contribution >= 4 is 68.2 Å². The molecular formula is C8H12O4P4. The highest BCUT2D eigenvalue weighted by molar-refractivity contribution is 7.44. The van der Waals surface area contributed by atoms with Crippen molar-refractivity contribution in [2.45, 2.75) is 0 Å². The van der Waals surface area contributed by atoms with Gasteiger partial charge >= 0.3 is 0 Å². The summed E-state index contributed by atoms with van der Waals surface area (Å²) in [6.07, 6.45) is 0. The second-order valence-corrected chi connectivity index (χ2v) is 6.34. The van der Waals surface area contributed by atoms with E-state index >= 15 is 0 Å². The molecule has 0 spiro atoms. The lowest BCUT2D eigenvalue weighted by Crippen LogP contribution is -2.54. The van der Waals surface area contributed by atoms with Crippen LogP contribution in [-0.2, 0) is 18.3 Å². The topological polar surface area (TPSA) is 68.3 Å². The summed E-state index contributed by atoms with van der Waals surface area (Å²) in [5, 5.41) is 2.24. The van der Waals surface area contributed by atoms with E-state index in [0.29, 0.717) is 31.7 Å². The van der Waals surface area contributed by atoms with Gasteiger partial charge in [0, 0.05) is 21.2 Å². The zero-order valence-corrected chi connectivity index (χ0v) is 13.0. The Kier molecular flexibility index (Phi) is 5.22. The normalized spacial score (nSPS) is 13.5. The van der Waals surface area contributed by atoms with Gasteiger partial charge in [0.2, 0.25) is 0 Å². The standard InChI is InChI=1S/C8H12O4P4/c1-3-5(13-9)7(15-11)4(2)8(16-12)6(3)14-10/h1-2,13-16H2. The Hall–Kier alpha value is -0.120. The van der Waals surface area contributed by atoms with Crippen LogP contribution in [0.3, 0.4) is 0 Å². The van der Waals surface area contributed by atoms with E-state index in [-0.39, 0.29) is 0 Å². The molecule has 0 aromatic heterocycles. The molecule has 0 aliphatic heterocycles. The van der Waals surface area contributed by atoms with Crippen molar-refractivity contribution < 1.29 is 18.3 Å². The summed E-state index contributed by atoms with van der Waals surface area (Å²) >= 11 is 0. The SMILES string of the molecule is C=c1c([PH2]=O)c([PH2]=O)c(=C)c([PH2]=O)c1[PH2]=O. The zero-order valence-electron chi connectivity index (χ0n) is 8.36. The Morgan fingerprint density at radius 1 is 0.562 bits per heavy atom. The van der Waals surface area contributed by atoms with E-state index in [1.54, 1.807) is 0 Å². The Labute approximate surface area is 97.3 Å². The highest BCUT2D eigenvalue weighted by Gasteiger charge is 2.11. The number of benzene rings is 1. The van der Waals surface area contributed by atoms with E-state index in [1.807, 2.05) is 0 Å². The van der Waals surface area contributed by atoms with Crippen molar-refractivity contribution in [3.8, 4) is 0 Å². The molecule has 0 saturated heterocycles. The van der Waals surface area contributed by atoms with E-state index in [2.05, 4.69) is 13.2 Å². The Morgan fingerprint density at radius 3 is 0.875 bits per heavy atom. The third-order valence-corrected chi connectivity index (χ3v) is 6.60. The average molecular weight is 296 g/mol. The van der Waals surface area contributed by atoms with Gasteiger partial charge in [0.25, 0.3) is 0 Å². The lowest BCUT2D eigenvalue weighted by atomic mass is 10.2. The molecule has 1 aromatic carbocycles. The second-order valence-electron chi connectivity index (χ2n) is 3.08. The molecule has 0 aliphatic rings. The molecule has 88 valence electrons. The van der Waals surface area contributed by atoms with E-state index in [1.165, 1.54) is 0 Å². The van der Waals surface area contributed by atoms with Crippen molar-refractivity contribution in [2.24, 2.45) is 0 Å². The molecule has 0 amide bonds. The van der Waals surface area contributed by atoms with E-state index < -0.39 is 33.8 Å². The first-order valence-electron chi connectivity index (χ1n) is 4.30. The Balaban J connectivity index is 4.05. The smallest absolute Gasteiger partial charge is 0.0934 e. The van der Waals surface area contributed by atoms with Crippen LogP contribution in [0.1, 0.15) is 0 Å². The van der Waals surface area contributed by atoms with Gasteiger partial charge in [-0.25, -0.2) is 0 Å². The van der Waals surface area contributed by atoms with E-state index in [9.17, 15) is 18.3 Å². The molecule has 0 aliphatic carbocycles. The zero-order chi connectivity index (χ0) is 12.3. The minimum absolute atomic E-state index is 0.360. The van der Waals surface area contributed by atoms with Gasteiger partial charge in [-0.05, 0) is 10.4 Å². The predicted molar refractivity (Wildman–Crippen MR) is 76.9 cm³/mol. The highest BCUT2D eigenvalue weighted by Crippen LogP contribution is 1.98. The van der Waals surface area contributed by atoms with Gasteiger partial charge in [-0.2, -0.15) is 0 Å². The number of hydrogen-bond acceptors (Lipinski definition) is 4. The molecule has 4 atom stereocenters. The van der Waals surface area contributed by atoms with Crippen molar-refractivity contribution in [1.82, 2.24) is 0 Å². The molecule has 0 heterocycles. The summed E-state index contributed by atoms with van der Waals surface area (Å²) < 4.78 is 44.3. The van der Waals surface area contributed by atoms with E-state index in [4.69, 9.17) is 0 Å². The second kappa shape index (κ2) is 5.99. The predicted octanol–water partition coefficient (Wildman–Crippen LogP) is -1.97. The average Bonchev–Trinajstić information content (AvgIpc) is 2.30. The molecule has 0 saturated carbocycles. The Bertz CT molecular complexity index is 495. The minimum atomic E-state index is -1.31. The summed E-state index contributed by atoms with van der Waals surface area (Å²) in [5.74, 6) is 0. The van der Waals surface area contributed by atoms with Gasteiger partial charge < -0.3 is 18.3 Å². The van der Waals surface area contributed by atoms with Gasteiger partial charge in [0.15, 0.2) is 0 Å². The maximum absolute atomic E-state index is 11.1. The van der Waals surface area contributed by atoms with Gasteiger partial charge in [-0.1, -0.05) is 13.2 Å². The van der Waals surface area contributed by atoms with Crippen LogP contribution in [0.5, 0.6) is 0 Å². The summed E-state index contributed by atoms with van der Waals surface area (Å²) in [6, 6.07) is 0. The first kappa shape index (κ1) is 13.9. The summed E-state index contributed by atoms with van der Waals surface area (Å²) in [5.41, 5.74) is 0. The molecule has 0 N–H and O–H groups in total. The lowest BCUT2D eigenvalue weighted by Gasteiger charge is -2.06. The lowest BCUT2D eigenvalue weighted by molar-refractivity contribution is 0.600. The first-order chi connectivity index (χ1) is 7.62. The molecule has 0 fully saturated rings. The third-order valence-electron chi connectivity index (χ3n) is 2.35. The van der Waals surface area contributed by atoms with Crippen molar-refractivity contribution in [2.75, 3.05) is 0 Å². The van der Waals surface area contributed by atoms with Gasteiger partial charge in [0.05, 0.1) is 33.8 Å². The quantitative estimate of drug-likeness (QED) is 0.605. The van der Waals surface area contributed by atoms with Crippen LogP contribution in [-0.4, -0.2) is 0 Å². The molecule has 0 bridgehead atoms. The number of rotatable bonds is 4. The third kappa shape index (κ3) is 2.27. The van der Waals surface area contributed by atoms with Crippen molar-refractivity contribution in [3.63, 3.8) is 0 Å². The largest absolute Gasteiger partial charge is 0.325 e. The fourth-order valence-electron chi connectivity index (χ4n) is 1.48. The van der Waals surface area contributed by atoms with Crippen LogP contribution in [0.25, 0.3) is 13.2 Å². The van der Waals surface area contributed by atoms with Crippen LogP contribution < -0.4 is 31.7 Å². The molecule has 8 heteroatoms. The van der Waals surface area contributed by atoms with Crippen molar-refractivity contribution in [1.29, 1.82) is 0 Å². The van der Waals surface area contributed by atoms with Crippen LogP contribution in [0.15, 0.2) is 0 Å². The van der Waals surface area contributed by atoms with Gasteiger partial charge in [0.1, 0.15) is 0 Å². The fourth-order valence-corrected chi connectivity index (χ4v) is 5.02. The van der Waals surface area contributed by atoms with Crippen LogP contribution >= 0.6 is 33.8 Å². The summed E-state index contributed by atoms with van der Waals surface area (Å²) in [6.45, 7) is 7.37. The minimum Gasteiger partial charge on any atom is -0.325 e. The number of hydrogen-bond donors (Lipinski definition) is 0. The van der Waals surface area contributed by atoms with Crippen LogP contribution in [0.2, 0.25) is 0 Å². The molecule has 16 heavy (non-hydrogen) atoms. The fraction of sp³-hybridized carbons (Fsp3) is 0. The highest BCUT2D eigenvalue weighted by atomic mass is 31.1. The van der Waals surface area contributed by atoms with Gasteiger partial charge in [-0.15, -0.1) is 0 Å². The summed E-state index contributed by atoms with van der Waals surface area (Å²) in [4.78, 5) is 0. The van der Waals surface area contributed by atoms with Crippen LogP contribution in [0.4, 0.5) is 0 Å². The maximum atomic E-state index is 11.1. The molecule has 1 rings (SSSR count). The van der Waals surface area contributed by atoms with Crippen molar-refractivity contribution in [3.05, 3.63) is 10.4 Å². The molecular weight excluding hydrogens is 284 g/mol. The maximum Gasteiger partial charge on any atom is 0.0934 e. The van der Waals surface area contributed by atoms with Gasteiger partial charge in [-0.3, -0.25) is 0 Å². The molecule has 4 nitrogen and oxygen atoms in total. The van der Waals surface area contributed by atoms with Crippen LogP contribution in [0, 0.1) is 0 Å².